The third kappa shape index (κ3) is 7.42. The van der Waals surface area contributed by atoms with Gasteiger partial charge in [0.2, 0.25) is 11.8 Å². The van der Waals surface area contributed by atoms with Crippen molar-refractivity contribution in [2.75, 3.05) is 30.6 Å². The molecular weight excluding hydrogens is 554 g/mol. The quantitative estimate of drug-likeness (QED) is 0.289. The van der Waals surface area contributed by atoms with Gasteiger partial charge in [-0.05, 0) is 49.6 Å². The highest BCUT2D eigenvalue weighted by Gasteiger charge is 2.34. The minimum atomic E-state index is -4.17. The fraction of sp³-hybridized carbons (Fsp3) is 0.375. The Kier molecular flexibility index (Phi) is 10.5. The van der Waals surface area contributed by atoms with E-state index in [-0.39, 0.29) is 23.0 Å². The van der Waals surface area contributed by atoms with Crippen LogP contribution in [-0.2, 0) is 26.2 Å². The van der Waals surface area contributed by atoms with Gasteiger partial charge in [-0.25, -0.2) is 8.42 Å². The van der Waals surface area contributed by atoms with E-state index in [1.165, 1.54) is 17.0 Å². The fourth-order valence-corrected chi connectivity index (χ4v) is 6.18. The number of nitrogens with zero attached hydrogens (tertiary/aromatic N) is 2. The number of carbonyl (C=O) groups excluding carboxylic acids is 2. The van der Waals surface area contributed by atoms with Crippen LogP contribution in [0.1, 0.15) is 44.2 Å². The molecule has 1 N–H and O–H groups in total. The molecule has 0 unspecified atom stereocenters. The standard InChI is InChI=1S/C32H39N3O6S/c1-4-6-18-33-32(37)28(5-2)34(22-25-14-12-24(3)13-15-25)31(36)23-35(42(38,39)27-10-8-7-9-11-27)26-16-17-29-30(21-26)41-20-19-40-29/h7-17,21,28H,4-6,18-20,22-23H2,1-3H3,(H,33,37)/t28-/m0/s1. The number of aryl methyl sites for hydroxylation is 1. The lowest BCUT2D eigenvalue weighted by Crippen LogP contribution is -2.52. The Hall–Kier alpha value is -4.05. The van der Waals surface area contributed by atoms with Crippen LogP contribution in [0.25, 0.3) is 0 Å². The van der Waals surface area contributed by atoms with Crippen LogP contribution >= 0.6 is 0 Å². The molecule has 4 rings (SSSR count). The van der Waals surface area contributed by atoms with Crippen molar-refractivity contribution in [1.82, 2.24) is 10.2 Å². The second-order valence-electron chi connectivity index (χ2n) is 10.2. The van der Waals surface area contributed by atoms with Gasteiger partial charge in [0.05, 0.1) is 10.6 Å². The molecule has 0 bridgehead atoms. The van der Waals surface area contributed by atoms with Gasteiger partial charge in [-0.3, -0.25) is 13.9 Å². The maximum atomic E-state index is 14.2. The number of amides is 2. The molecule has 3 aromatic rings. The maximum absolute atomic E-state index is 14.2. The van der Waals surface area contributed by atoms with Gasteiger partial charge in [0.1, 0.15) is 25.8 Å². The molecule has 0 fully saturated rings. The summed E-state index contributed by atoms with van der Waals surface area (Å²) < 4.78 is 40.4. The lowest BCUT2D eigenvalue weighted by atomic mass is 10.1. The van der Waals surface area contributed by atoms with Crippen molar-refractivity contribution < 1.29 is 27.5 Å². The molecule has 0 saturated heterocycles. The van der Waals surface area contributed by atoms with E-state index in [2.05, 4.69) is 5.32 Å². The van der Waals surface area contributed by atoms with E-state index < -0.39 is 28.5 Å². The number of benzene rings is 3. The summed E-state index contributed by atoms with van der Waals surface area (Å²) in [4.78, 5) is 29.0. The summed E-state index contributed by atoms with van der Waals surface area (Å²) in [7, 11) is -4.17. The molecule has 1 aliphatic rings. The summed E-state index contributed by atoms with van der Waals surface area (Å²) in [5.41, 5.74) is 2.16. The van der Waals surface area contributed by atoms with Crippen molar-refractivity contribution in [3.05, 3.63) is 83.9 Å². The summed E-state index contributed by atoms with van der Waals surface area (Å²) >= 11 is 0. The van der Waals surface area contributed by atoms with Gasteiger partial charge in [0.15, 0.2) is 11.5 Å². The fourth-order valence-electron chi connectivity index (χ4n) is 4.75. The second kappa shape index (κ2) is 14.2. The van der Waals surface area contributed by atoms with E-state index in [0.29, 0.717) is 37.7 Å². The maximum Gasteiger partial charge on any atom is 0.264 e. The van der Waals surface area contributed by atoms with E-state index in [1.807, 2.05) is 45.0 Å². The zero-order valence-corrected chi connectivity index (χ0v) is 25.2. The predicted octanol–water partition coefficient (Wildman–Crippen LogP) is 4.69. The van der Waals surface area contributed by atoms with Gasteiger partial charge in [0, 0.05) is 19.2 Å². The van der Waals surface area contributed by atoms with Crippen LogP contribution in [-0.4, -0.2) is 57.5 Å². The van der Waals surface area contributed by atoms with Crippen molar-refractivity contribution in [1.29, 1.82) is 0 Å². The molecule has 1 aliphatic heterocycles. The smallest absolute Gasteiger partial charge is 0.264 e. The Morgan fingerprint density at radius 2 is 1.62 bits per heavy atom. The zero-order chi connectivity index (χ0) is 30.1. The first-order chi connectivity index (χ1) is 20.2. The monoisotopic (exact) mass is 593 g/mol. The summed E-state index contributed by atoms with van der Waals surface area (Å²) in [6, 6.07) is 19.7. The Balaban J connectivity index is 1.72. The number of hydrogen-bond donors (Lipinski definition) is 1. The number of nitrogens with one attached hydrogen (secondary N) is 1. The average molecular weight is 594 g/mol. The first-order valence-corrected chi connectivity index (χ1v) is 15.8. The van der Waals surface area contributed by atoms with E-state index in [4.69, 9.17) is 9.47 Å². The van der Waals surface area contributed by atoms with E-state index in [9.17, 15) is 18.0 Å². The zero-order valence-electron chi connectivity index (χ0n) is 24.4. The Morgan fingerprint density at radius 1 is 0.929 bits per heavy atom. The molecule has 1 heterocycles. The number of ether oxygens (including phenoxy) is 2. The minimum Gasteiger partial charge on any atom is -0.486 e. The first-order valence-electron chi connectivity index (χ1n) is 14.3. The molecule has 1 atom stereocenters. The van der Waals surface area contributed by atoms with Gasteiger partial charge < -0.3 is 19.7 Å². The number of rotatable bonds is 13. The average Bonchev–Trinajstić information content (AvgIpc) is 3.01. The lowest BCUT2D eigenvalue weighted by Gasteiger charge is -2.33. The molecule has 0 saturated carbocycles. The third-order valence-electron chi connectivity index (χ3n) is 7.11. The highest BCUT2D eigenvalue weighted by atomic mass is 32.2. The largest absolute Gasteiger partial charge is 0.486 e. The number of fused-ring (bicyclic) bond motifs is 1. The van der Waals surface area contributed by atoms with Crippen LogP contribution in [0.2, 0.25) is 0 Å². The minimum absolute atomic E-state index is 0.0436. The molecule has 0 radical (unpaired) electrons. The van der Waals surface area contributed by atoms with Gasteiger partial charge in [-0.1, -0.05) is 68.3 Å². The number of carbonyl (C=O) groups is 2. The second-order valence-corrected chi connectivity index (χ2v) is 12.1. The Labute approximate surface area is 248 Å². The van der Waals surface area contributed by atoms with E-state index in [0.717, 1.165) is 28.3 Å². The molecule has 2 amide bonds. The number of sulfonamides is 1. The van der Waals surface area contributed by atoms with Crippen molar-refractivity contribution in [2.45, 2.75) is 57.5 Å². The van der Waals surface area contributed by atoms with Gasteiger partial charge in [0.25, 0.3) is 10.0 Å². The normalized spacial score (nSPS) is 13.2. The number of hydrogen-bond acceptors (Lipinski definition) is 6. The van der Waals surface area contributed by atoms with Crippen LogP contribution in [0.3, 0.4) is 0 Å². The first kappa shape index (κ1) is 30.9. The SMILES string of the molecule is CCCCNC(=O)[C@H](CC)N(Cc1ccc(C)cc1)C(=O)CN(c1ccc2c(c1)OCCO2)S(=O)(=O)c1ccccc1. The topological polar surface area (TPSA) is 105 Å². The summed E-state index contributed by atoms with van der Waals surface area (Å²) in [6.07, 6.45) is 2.11. The Morgan fingerprint density at radius 3 is 2.29 bits per heavy atom. The van der Waals surface area contributed by atoms with Crippen LogP contribution in [0.4, 0.5) is 5.69 Å². The number of unbranched alkanes of at least 4 members (excludes halogenated alkanes) is 1. The van der Waals surface area contributed by atoms with Crippen molar-refractivity contribution >= 4 is 27.5 Å². The molecule has 42 heavy (non-hydrogen) atoms. The molecule has 0 aliphatic carbocycles. The van der Waals surface area contributed by atoms with E-state index in [1.54, 1.807) is 36.4 Å². The number of anilines is 1. The van der Waals surface area contributed by atoms with Crippen molar-refractivity contribution in [2.24, 2.45) is 0 Å². The van der Waals surface area contributed by atoms with Gasteiger partial charge >= 0.3 is 0 Å². The molecule has 0 spiro atoms. The van der Waals surface area contributed by atoms with Crippen molar-refractivity contribution in [3.63, 3.8) is 0 Å². The highest BCUT2D eigenvalue weighted by molar-refractivity contribution is 7.92. The van der Waals surface area contributed by atoms with Crippen LogP contribution in [0, 0.1) is 6.92 Å². The highest BCUT2D eigenvalue weighted by Crippen LogP contribution is 2.36. The molecule has 10 heteroatoms. The molecule has 224 valence electrons. The van der Waals surface area contributed by atoms with E-state index >= 15 is 0 Å². The summed E-state index contributed by atoms with van der Waals surface area (Å²) in [5, 5.41) is 2.95. The summed E-state index contributed by atoms with van der Waals surface area (Å²) in [6.45, 7) is 6.72. The van der Waals surface area contributed by atoms with Crippen LogP contribution in [0.15, 0.2) is 77.7 Å². The van der Waals surface area contributed by atoms with Gasteiger partial charge in [-0.15, -0.1) is 0 Å². The molecule has 0 aromatic heterocycles. The predicted molar refractivity (Wildman–Crippen MR) is 162 cm³/mol. The van der Waals surface area contributed by atoms with Crippen molar-refractivity contribution in [3.8, 4) is 11.5 Å². The molecule has 9 nitrogen and oxygen atoms in total. The van der Waals surface area contributed by atoms with Crippen LogP contribution < -0.4 is 19.1 Å². The summed E-state index contributed by atoms with van der Waals surface area (Å²) in [5.74, 6) is 0.146. The molecular formula is C32H39N3O6S. The Bertz CT molecular complexity index is 1460. The molecule has 3 aromatic carbocycles. The van der Waals surface area contributed by atoms with Gasteiger partial charge in [-0.2, -0.15) is 0 Å². The van der Waals surface area contributed by atoms with Crippen LogP contribution in [0.5, 0.6) is 11.5 Å². The third-order valence-corrected chi connectivity index (χ3v) is 8.90. The lowest BCUT2D eigenvalue weighted by molar-refractivity contribution is -0.140.